The molecule has 8 heteroatoms. The predicted octanol–water partition coefficient (Wildman–Crippen LogP) is 3.00. The van der Waals surface area contributed by atoms with Crippen LogP contribution in [0.3, 0.4) is 0 Å². The Morgan fingerprint density at radius 3 is 2.57 bits per heavy atom. The molecule has 0 spiro atoms. The van der Waals surface area contributed by atoms with E-state index in [9.17, 15) is 14.4 Å². The van der Waals surface area contributed by atoms with E-state index in [1.165, 1.54) is 7.11 Å². The maximum Gasteiger partial charge on any atom is 0.294 e. The Balaban J connectivity index is 1.75. The highest BCUT2D eigenvalue weighted by atomic mass is 32.2. The summed E-state index contributed by atoms with van der Waals surface area (Å²) < 4.78 is 10.5. The van der Waals surface area contributed by atoms with Gasteiger partial charge in [-0.2, -0.15) is 0 Å². The minimum absolute atomic E-state index is 0.186. The lowest BCUT2D eigenvalue weighted by Crippen LogP contribution is -2.45. The highest BCUT2D eigenvalue weighted by molar-refractivity contribution is 8.18. The van der Waals surface area contributed by atoms with Crippen molar-refractivity contribution in [3.63, 3.8) is 0 Å². The van der Waals surface area contributed by atoms with E-state index in [1.807, 2.05) is 0 Å². The van der Waals surface area contributed by atoms with Gasteiger partial charge in [0.1, 0.15) is 18.0 Å². The van der Waals surface area contributed by atoms with E-state index in [4.69, 9.17) is 9.47 Å². The number of hydrogen-bond donors (Lipinski definition) is 0. The number of imide groups is 1. The second kappa shape index (κ2) is 8.68. The van der Waals surface area contributed by atoms with Gasteiger partial charge >= 0.3 is 0 Å². The van der Waals surface area contributed by atoms with Crippen LogP contribution in [0.25, 0.3) is 6.08 Å². The van der Waals surface area contributed by atoms with Crippen LogP contribution in [0.15, 0.2) is 23.1 Å². The standard InChI is InChI=1S/C20H24N2O5S/c1-13-6-8-21(9-7-13)18(23)12-22-19(24)17(28-20(22)25)11-14-10-15(26-2)4-5-16(14)27-3/h4-5,10-11,13H,6-9,12H2,1-3H3/b17-11+. The molecule has 2 fully saturated rings. The Morgan fingerprint density at radius 2 is 1.93 bits per heavy atom. The highest BCUT2D eigenvalue weighted by Crippen LogP contribution is 2.35. The zero-order valence-electron chi connectivity index (χ0n) is 16.3. The molecule has 0 saturated carbocycles. The molecule has 2 heterocycles. The normalized spacial score (nSPS) is 19.5. The van der Waals surface area contributed by atoms with Gasteiger partial charge in [0.15, 0.2) is 0 Å². The number of nitrogens with zero attached hydrogens (tertiary/aromatic N) is 2. The van der Waals surface area contributed by atoms with Gasteiger partial charge in [0, 0.05) is 18.7 Å². The first-order chi connectivity index (χ1) is 13.4. The molecule has 2 aliphatic heterocycles. The van der Waals surface area contributed by atoms with Crippen LogP contribution >= 0.6 is 11.8 Å². The summed E-state index contributed by atoms with van der Waals surface area (Å²) in [7, 11) is 3.08. The molecule has 1 aromatic rings. The SMILES string of the molecule is COc1ccc(OC)c(/C=C2/SC(=O)N(CC(=O)N3CCC(C)CC3)C2=O)c1. The van der Waals surface area contributed by atoms with Crippen LogP contribution in [0.1, 0.15) is 25.3 Å². The number of benzene rings is 1. The zero-order valence-corrected chi connectivity index (χ0v) is 17.1. The number of likely N-dealkylation sites (tertiary alicyclic amines) is 1. The summed E-state index contributed by atoms with van der Waals surface area (Å²) in [4.78, 5) is 40.6. The van der Waals surface area contributed by atoms with Crippen molar-refractivity contribution in [2.24, 2.45) is 5.92 Å². The van der Waals surface area contributed by atoms with Crippen molar-refractivity contribution in [2.75, 3.05) is 33.9 Å². The van der Waals surface area contributed by atoms with Gasteiger partial charge in [-0.1, -0.05) is 6.92 Å². The monoisotopic (exact) mass is 404 g/mol. The van der Waals surface area contributed by atoms with Gasteiger partial charge in [-0.25, -0.2) is 0 Å². The van der Waals surface area contributed by atoms with Crippen LogP contribution in [-0.2, 0) is 9.59 Å². The lowest BCUT2D eigenvalue weighted by molar-refractivity contribution is -0.136. The van der Waals surface area contributed by atoms with Crippen LogP contribution < -0.4 is 9.47 Å². The highest BCUT2D eigenvalue weighted by Gasteiger charge is 2.37. The second-order valence-corrected chi connectivity index (χ2v) is 7.93. The van der Waals surface area contributed by atoms with Crippen molar-refractivity contribution in [1.29, 1.82) is 0 Å². The molecule has 0 atom stereocenters. The van der Waals surface area contributed by atoms with Crippen molar-refractivity contribution in [3.05, 3.63) is 28.7 Å². The Kier molecular flexibility index (Phi) is 6.28. The molecule has 0 unspecified atom stereocenters. The lowest BCUT2D eigenvalue weighted by atomic mass is 9.99. The Hall–Kier alpha value is -2.48. The molecular weight excluding hydrogens is 380 g/mol. The third-order valence-corrected chi connectivity index (χ3v) is 5.93. The largest absolute Gasteiger partial charge is 0.497 e. The summed E-state index contributed by atoms with van der Waals surface area (Å²) in [6.45, 7) is 3.29. The maximum atomic E-state index is 12.7. The molecule has 1 aromatic carbocycles. The maximum absolute atomic E-state index is 12.7. The van der Waals surface area contributed by atoms with Crippen LogP contribution in [0, 0.1) is 5.92 Å². The number of hydrogen-bond acceptors (Lipinski definition) is 6. The third-order valence-electron chi connectivity index (χ3n) is 5.03. The molecule has 150 valence electrons. The molecule has 0 N–H and O–H groups in total. The van der Waals surface area contributed by atoms with E-state index in [2.05, 4.69) is 6.92 Å². The number of carbonyl (C=O) groups is 3. The van der Waals surface area contributed by atoms with Gasteiger partial charge in [-0.3, -0.25) is 19.3 Å². The molecule has 2 aliphatic rings. The number of ether oxygens (including phenoxy) is 2. The van der Waals surface area contributed by atoms with Gasteiger partial charge in [0.05, 0.1) is 19.1 Å². The van der Waals surface area contributed by atoms with E-state index >= 15 is 0 Å². The Labute approximate surface area is 168 Å². The lowest BCUT2D eigenvalue weighted by Gasteiger charge is -2.31. The summed E-state index contributed by atoms with van der Waals surface area (Å²) in [5.74, 6) is 1.13. The molecule has 3 amide bonds. The summed E-state index contributed by atoms with van der Waals surface area (Å²) in [5, 5.41) is -0.433. The molecule has 7 nitrogen and oxygen atoms in total. The van der Waals surface area contributed by atoms with E-state index in [0.29, 0.717) is 36.1 Å². The molecule has 0 radical (unpaired) electrons. The first-order valence-electron chi connectivity index (χ1n) is 9.18. The van der Waals surface area contributed by atoms with E-state index in [-0.39, 0.29) is 17.4 Å². The van der Waals surface area contributed by atoms with Gasteiger partial charge in [0.25, 0.3) is 11.1 Å². The average Bonchev–Trinajstić information content (AvgIpc) is 2.95. The van der Waals surface area contributed by atoms with Crippen molar-refractivity contribution in [3.8, 4) is 11.5 Å². The zero-order chi connectivity index (χ0) is 20.3. The minimum Gasteiger partial charge on any atom is -0.497 e. The number of methoxy groups -OCH3 is 2. The van der Waals surface area contributed by atoms with Crippen LogP contribution in [-0.4, -0.2) is 60.7 Å². The Morgan fingerprint density at radius 1 is 1.21 bits per heavy atom. The number of carbonyl (C=O) groups excluding carboxylic acids is 3. The van der Waals surface area contributed by atoms with E-state index in [1.54, 1.807) is 36.3 Å². The van der Waals surface area contributed by atoms with Crippen molar-refractivity contribution in [1.82, 2.24) is 9.80 Å². The van der Waals surface area contributed by atoms with Gasteiger partial charge in [-0.15, -0.1) is 0 Å². The van der Waals surface area contributed by atoms with E-state index < -0.39 is 11.1 Å². The first kappa shape index (κ1) is 20.3. The van der Waals surface area contributed by atoms with Crippen LogP contribution in [0.5, 0.6) is 11.5 Å². The van der Waals surface area contributed by atoms with Crippen LogP contribution in [0.4, 0.5) is 4.79 Å². The van der Waals surface area contributed by atoms with Gasteiger partial charge in [0.2, 0.25) is 5.91 Å². The predicted molar refractivity (Wildman–Crippen MR) is 107 cm³/mol. The molecule has 0 bridgehead atoms. The second-order valence-electron chi connectivity index (χ2n) is 6.94. The first-order valence-corrected chi connectivity index (χ1v) is 9.99. The molecule has 28 heavy (non-hydrogen) atoms. The molecule has 3 rings (SSSR count). The molecular formula is C20H24N2O5S. The van der Waals surface area contributed by atoms with E-state index in [0.717, 1.165) is 29.5 Å². The van der Waals surface area contributed by atoms with Crippen molar-refractivity contribution >= 4 is 34.9 Å². The summed E-state index contributed by atoms with van der Waals surface area (Å²) >= 11 is 0.830. The quantitative estimate of drug-likeness (QED) is 0.703. The summed E-state index contributed by atoms with van der Waals surface area (Å²) in [6.07, 6.45) is 3.49. The number of thioether (sulfide) groups is 1. The van der Waals surface area contributed by atoms with Gasteiger partial charge < -0.3 is 14.4 Å². The minimum atomic E-state index is -0.460. The summed E-state index contributed by atoms with van der Waals surface area (Å²) in [5.41, 5.74) is 0.628. The van der Waals surface area contributed by atoms with Crippen molar-refractivity contribution in [2.45, 2.75) is 19.8 Å². The topological polar surface area (TPSA) is 76.2 Å². The molecule has 0 aliphatic carbocycles. The fraction of sp³-hybridized carbons (Fsp3) is 0.450. The molecule has 0 aromatic heterocycles. The Bertz CT molecular complexity index is 815. The third kappa shape index (κ3) is 4.32. The van der Waals surface area contributed by atoms with Crippen molar-refractivity contribution < 1.29 is 23.9 Å². The smallest absolute Gasteiger partial charge is 0.294 e. The molecule has 2 saturated heterocycles. The van der Waals surface area contributed by atoms with Crippen LogP contribution in [0.2, 0.25) is 0 Å². The number of rotatable bonds is 5. The fourth-order valence-corrected chi connectivity index (χ4v) is 4.05. The van der Waals surface area contributed by atoms with Gasteiger partial charge in [-0.05, 0) is 54.8 Å². The summed E-state index contributed by atoms with van der Waals surface area (Å²) in [6, 6.07) is 5.21. The number of piperidine rings is 1. The fourth-order valence-electron chi connectivity index (χ4n) is 3.22. The number of amides is 3. The average molecular weight is 404 g/mol.